The minimum Gasteiger partial charge on any atom is -0.506 e. The van der Waals surface area contributed by atoms with Gasteiger partial charge in [0, 0.05) is 16.2 Å². The van der Waals surface area contributed by atoms with Crippen molar-refractivity contribution in [3.8, 4) is 5.75 Å². The van der Waals surface area contributed by atoms with Crippen LogP contribution >= 0.6 is 45.2 Å². The number of carbonyl (C=O) groups is 2. The lowest BCUT2D eigenvalue weighted by Gasteiger charge is -2.35. The molecule has 1 unspecified atom stereocenters. The molecule has 1 fully saturated rings. The van der Waals surface area contributed by atoms with Gasteiger partial charge in [-0.15, -0.1) is 0 Å². The maximum absolute atomic E-state index is 12.7. The summed E-state index contributed by atoms with van der Waals surface area (Å²) in [5, 5.41) is 19.1. The normalized spacial score (nSPS) is 18.6. The molecule has 0 spiro atoms. The van der Waals surface area contributed by atoms with E-state index < -0.39 is 5.97 Å². The van der Waals surface area contributed by atoms with Crippen molar-refractivity contribution in [2.45, 2.75) is 31.7 Å². The molecule has 2 rings (SSSR count). The number of halogens is 2. The smallest absolute Gasteiger partial charge is 0.305 e. The largest absolute Gasteiger partial charge is 0.506 e. The van der Waals surface area contributed by atoms with Gasteiger partial charge in [0.1, 0.15) is 5.75 Å². The van der Waals surface area contributed by atoms with Gasteiger partial charge in [-0.3, -0.25) is 9.59 Å². The predicted molar refractivity (Wildman–Crippen MR) is 94.5 cm³/mol. The number of carbonyl (C=O) groups excluding carboxylic acids is 1. The highest BCUT2D eigenvalue weighted by atomic mass is 127. The lowest BCUT2D eigenvalue weighted by Crippen LogP contribution is -2.44. The molecule has 1 heterocycles. The quantitative estimate of drug-likeness (QED) is 0.608. The van der Waals surface area contributed by atoms with Crippen LogP contribution in [0.4, 0.5) is 0 Å². The molecule has 1 saturated heterocycles. The van der Waals surface area contributed by atoms with Gasteiger partial charge >= 0.3 is 5.97 Å². The molecule has 0 radical (unpaired) electrons. The van der Waals surface area contributed by atoms with Crippen LogP contribution < -0.4 is 0 Å². The van der Waals surface area contributed by atoms with Gasteiger partial charge in [0.15, 0.2) is 0 Å². The van der Waals surface area contributed by atoms with Crippen LogP contribution in [0.15, 0.2) is 12.1 Å². The molecule has 7 heteroatoms. The third-order valence-corrected chi connectivity index (χ3v) is 5.00. The summed E-state index contributed by atoms with van der Waals surface area (Å²) < 4.78 is 1.49. The topological polar surface area (TPSA) is 77.8 Å². The third-order valence-electron chi connectivity index (χ3n) is 3.56. The first kappa shape index (κ1) is 16.8. The molecule has 0 aliphatic carbocycles. The standard InChI is InChI=1S/C14H15I2NO4/c15-8-5-10(13(20)11(16)6-8)14(21)17-4-2-1-3-9(17)7-12(18)19/h5-6,9,20H,1-4,7H2,(H,18,19). The zero-order valence-corrected chi connectivity index (χ0v) is 15.5. The van der Waals surface area contributed by atoms with Gasteiger partial charge in [0.05, 0.1) is 15.6 Å². The first-order valence-corrected chi connectivity index (χ1v) is 8.76. The molecule has 1 aromatic carbocycles. The summed E-state index contributed by atoms with van der Waals surface area (Å²) in [6.07, 6.45) is 2.44. The Balaban J connectivity index is 2.31. The molecule has 114 valence electrons. The number of hydrogen-bond acceptors (Lipinski definition) is 3. The van der Waals surface area contributed by atoms with E-state index in [4.69, 9.17) is 5.11 Å². The van der Waals surface area contributed by atoms with Gasteiger partial charge in [-0.1, -0.05) is 0 Å². The van der Waals surface area contributed by atoms with Gasteiger partial charge in [-0.2, -0.15) is 0 Å². The number of aliphatic carboxylic acids is 1. The second kappa shape index (κ2) is 7.12. The molecule has 0 aromatic heterocycles. The number of amides is 1. The minimum atomic E-state index is -0.902. The van der Waals surface area contributed by atoms with Crippen molar-refractivity contribution in [2.75, 3.05) is 6.54 Å². The fourth-order valence-electron chi connectivity index (χ4n) is 2.57. The van der Waals surface area contributed by atoms with E-state index in [1.165, 1.54) is 0 Å². The Kier molecular flexibility index (Phi) is 5.69. The fourth-order valence-corrected chi connectivity index (χ4v) is 4.41. The number of aromatic hydroxyl groups is 1. The molecular formula is C14H15I2NO4. The summed E-state index contributed by atoms with van der Waals surface area (Å²) in [7, 11) is 0. The molecule has 2 N–H and O–H groups in total. The van der Waals surface area contributed by atoms with Crippen molar-refractivity contribution < 1.29 is 19.8 Å². The Morgan fingerprint density at radius 3 is 2.67 bits per heavy atom. The van der Waals surface area contributed by atoms with E-state index in [1.807, 2.05) is 22.6 Å². The van der Waals surface area contributed by atoms with Crippen LogP contribution in [0.25, 0.3) is 0 Å². The summed E-state index contributed by atoms with van der Waals surface area (Å²) in [4.78, 5) is 25.2. The van der Waals surface area contributed by atoms with E-state index in [2.05, 4.69) is 22.6 Å². The zero-order chi connectivity index (χ0) is 15.6. The third kappa shape index (κ3) is 3.99. The molecule has 1 aliphatic rings. The maximum Gasteiger partial charge on any atom is 0.305 e. The van der Waals surface area contributed by atoms with Crippen molar-refractivity contribution in [3.05, 3.63) is 24.8 Å². The molecule has 0 saturated carbocycles. The Morgan fingerprint density at radius 1 is 1.29 bits per heavy atom. The number of phenolic OH excluding ortho intramolecular Hbond substituents is 1. The summed E-state index contributed by atoms with van der Waals surface area (Å²) >= 11 is 4.08. The van der Waals surface area contributed by atoms with Gasteiger partial charge in [0.2, 0.25) is 0 Å². The highest BCUT2D eigenvalue weighted by Crippen LogP contribution is 2.30. The Bertz CT molecular complexity index is 576. The number of nitrogens with zero attached hydrogens (tertiary/aromatic N) is 1. The Morgan fingerprint density at radius 2 is 2.00 bits per heavy atom. The number of benzene rings is 1. The van der Waals surface area contributed by atoms with Crippen molar-refractivity contribution in [2.24, 2.45) is 0 Å². The molecule has 1 aromatic rings. The Hall–Kier alpha value is -0.580. The molecular weight excluding hydrogens is 500 g/mol. The average molecular weight is 515 g/mol. The number of phenols is 1. The van der Waals surface area contributed by atoms with Crippen LogP contribution in [0.3, 0.4) is 0 Å². The van der Waals surface area contributed by atoms with Gasteiger partial charge in [0.25, 0.3) is 5.91 Å². The van der Waals surface area contributed by atoms with Crippen LogP contribution in [0.1, 0.15) is 36.0 Å². The number of likely N-dealkylation sites (tertiary alicyclic amines) is 1. The summed E-state index contributed by atoms with van der Waals surface area (Å²) in [6, 6.07) is 3.14. The lowest BCUT2D eigenvalue weighted by molar-refractivity contribution is -0.138. The van der Waals surface area contributed by atoms with Crippen LogP contribution in [0.2, 0.25) is 0 Å². The first-order chi connectivity index (χ1) is 9.90. The molecule has 1 aliphatic heterocycles. The SMILES string of the molecule is O=C(O)CC1CCCCN1C(=O)c1cc(I)cc(I)c1O. The van der Waals surface area contributed by atoms with E-state index in [0.717, 1.165) is 16.4 Å². The van der Waals surface area contributed by atoms with Crippen molar-refractivity contribution in [1.29, 1.82) is 0 Å². The summed E-state index contributed by atoms with van der Waals surface area (Å²) in [5.74, 6) is -1.21. The van der Waals surface area contributed by atoms with Crippen LogP contribution in [-0.4, -0.2) is 39.6 Å². The second-order valence-electron chi connectivity index (χ2n) is 5.03. The molecule has 5 nitrogen and oxygen atoms in total. The Labute approximate surface area is 150 Å². The van der Waals surface area contributed by atoms with Gasteiger partial charge < -0.3 is 15.1 Å². The highest BCUT2D eigenvalue weighted by molar-refractivity contribution is 14.1. The van der Waals surface area contributed by atoms with Crippen LogP contribution in [0, 0.1) is 7.14 Å². The summed E-state index contributed by atoms with van der Waals surface area (Å²) in [5.41, 5.74) is 0.253. The highest BCUT2D eigenvalue weighted by Gasteiger charge is 2.30. The molecule has 21 heavy (non-hydrogen) atoms. The first-order valence-electron chi connectivity index (χ1n) is 6.61. The van der Waals surface area contributed by atoms with E-state index in [1.54, 1.807) is 17.0 Å². The fraction of sp³-hybridized carbons (Fsp3) is 0.429. The van der Waals surface area contributed by atoms with Gasteiger partial charge in [-0.05, 0) is 76.6 Å². The average Bonchev–Trinajstić information content (AvgIpc) is 2.42. The number of carboxylic acids is 1. The number of carboxylic acid groups (broad SMARTS) is 1. The van der Waals surface area contributed by atoms with Crippen LogP contribution in [0.5, 0.6) is 5.75 Å². The van der Waals surface area contributed by atoms with Crippen molar-refractivity contribution in [3.63, 3.8) is 0 Å². The van der Waals surface area contributed by atoms with E-state index in [9.17, 15) is 14.7 Å². The van der Waals surface area contributed by atoms with E-state index in [0.29, 0.717) is 16.5 Å². The van der Waals surface area contributed by atoms with Crippen molar-refractivity contribution in [1.82, 2.24) is 4.90 Å². The monoisotopic (exact) mass is 515 g/mol. The minimum absolute atomic E-state index is 0.0272. The van der Waals surface area contributed by atoms with E-state index in [-0.39, 0.29) is 29.7 Å². The number of piperidine rings is 1. The van der Waals surface area contributed by atoms with E-state index >= 15 is 0 Å². The number of hydrogen-bond donors (Lipinski definition) is 2. The van der Waals surface area contributed by atoms with Crippen LogP contribution in [-0.2, 0) is 4.79 Å². The molecule has 1 amide bonds. The second-order valence-corrected chi connectivity index (χ2v) is 7.44. The molecule has 1 atom stereocenters. The molecule has 0 bridgehead atoms. The lowest BCUT2D eigenvalue weighted by atomic mass is 9.98. The zero-order valence-electron chi connectivity index (χ0n) is 11.2. The van der Waals surface area contributed by atoms with Crippen molar-refractivity contribution >= 4 is 57.1 Å². The number of rotatable bonds is 3. The summed E-state index contributed by atoms with van der Waals surface area (Å²) in [6.45, 7) is 0.540. The maximum atomic E-state index is 12.7. The van der Waals surface area contributed by atoms with Gasteiger partial charge in [-0.25, -0.2) is 0 Å². The predicted octanol–water partition coefficient (Wildman–Crippen LogP) is 3.07.